The Morgan fingerprint density at radius 1 is 0.623 bits per heavy atom. The van der Waals surface area contributed by atoms with E-state index in [1.165, 1.54) is 36.4 Å². The third-order valence-electron chi connectivity index (χ3n) is 9.83. The van der Waals surface area contributed by atoms with E-state index in [2.05, 4.69) is 26.9 Å². The average Bonchev–Trinajstić information content (AvgIpc) is 3.38. The molecule has 8 rings (SSSR count). The molecule has 4 aromatic rings. The van der Waals surface area contributed by atoms with Crippen LogP contribution in [-0.2, 0) is 6.54 Å². The number of likely N-dealkylation sites (tertiary alicyclic amines) is 1. The van der Waals surface area contributed by atoms with Gasteiger partial charge in [-0.1, -0.05) is 63.4 Å². The van der Waals surface area contributed by atoms with Crippen LogP contribution >= 0.6 is 0 Å². The molecule has 4 heterocycles. The van der Waals surface area contributed by atoms with Crippen LogP contribution in [0.1, 0.15) is 77.2 Å². The number of nitrogens with one attached hydrogen (secondary N) is 3. The molecule has 9 heteroatoms. The van der Waals surface area contributed by atoms with E-state index < -0.39 is 0 Å². The molecular weight excluding hydrogens is 671 g/mol. The number of fused-ring (bicyclic) bond motifs is 2. The molecule has 2 saturated heterocycles. The van der Waals surface area contributed by atoms with E-state index in [1.807, 2.05) is 66.7 Å². The number of carbonyl (C=O) groups is 3. The van der Waals surface area contributed by atoms with Crippen molar-refractivity contribution in [2.75, 3.05) is 36.8 Å². The summed E-state index contributed by atoms with van der Waals surface area (Å²) in [5.74, 6) is -0.352. The van der Waals surface area contributed by atoms with Gasteiger partial charge in [-0.05, 0) is 117 Å². The van der Waals surface area contributed by atoms with Gasteiger partial charge in [-0.25, -0.2) is 8.78 Å². The van der Waals surface area contributed by atoms with Crippen molar-refractivity contribution in [3.8, 4) is 0 Å². The Bertz CT molecular complexity index is 1890. The molecule has 53 heavy (non-hydrogen) atoms. The minimum absolute atomic E-state index is 0. The highest BCUT2D eigenvalue weighted by Crippen LogP contribution is 2.34. The molecule has 4 aromatic carbocycles. The molecule has 0 aliphatic carbocycles. The lowest BCUT2D eigenvalue weighted by atomic mass is 9.86. The monoisotopic (exact) mass is 720 g/mol. The van der Waals surface area contributed by atoms with Gasteiger partial charge in [0.1, 0.15) is 17.9 Å². The molecule has 0 unspecified atom stereocenters. The smallest absolute Gasteiger partial charge is 0.187 e. The van der Waals surface area contributed by atoms with Gasteiger partial charge >= 0.3 is 0 Å². The predicted octanol–water partition coefficient (Wildman–Crippen LogP) is 8.91. The zero-order chi connectivity index (χ0) is 35.7. The maximum absolute atomic E-state index is 13.0. The van der Waals surface area contributed by atoms with Gasteiger partial charge in [0.2, 0.25) is 0 Å². The minimum Gasteiger partial charge on any atom is -0.375 e. The van der Waals surface area contributed by atoms with Crippen LogP contribution in [-0.4, -0.2) is 60.0 Å². The topological polar surface area (TPSA) is 90.5 Å². The molecule has 3 N–H and O–H groups in total. The van der Waals surface area contributed by atoms with Crippen molar-refractivity contribution in [1.82, 2.24) is 10.2 Å². The largest absolute Gasteiger partial charge is 0.375 e. The van der Waals surface area contributed by atoms with Gasteiger partial charge in [-0.2, -0.15) is 0 Å². The lowest BCUT2D eigenvalue weighted by molar-refractivity contribution is 0.103. The summed E-state index contributed by atoms with van der Waals surface area (Å²) in [4.78, 5) is 36.7. The minimum atomic E-state index is -0.319. The van der Waals surface area contributed by atoms with E-state index in [9.17, 15) is 23.2 Å². The highest BCUT2D eigenvalue weighted by molar-refractivity contribution is 6.10. The fourth-order valence-corrected chi connectivity index (χ4v) is 6.84. The first-order valence-electron chi connectivity index (χ1n) is 17.4. The van der Waals surface area contributed by atoms with Crippen LogP contribution in [0.2, 0.25) is 0 Å². The number of anilines is 2. The molecule has 0 amide bonds. The number of piperidine rings is 2. The molecular formula is C44H50F2N4O3. The quantitative estimate of drug-likeness (QED) is 0.182. The third-order valence-corrected chi connectivity index (χ3v) is 9.83. The third kappa shape index (κ3) is 10.4. The molecule has 0 aromatic heterocycles. The van der Waals surface area contributed by atoms with E-state index in [-0.39, 0.29) is 49.1 Å². The Morgan fingerprint density at radius 2 is 1.08 bits per heavy atom. The van der Waals surface area contributed by atoms with E-state index in [1.54, 1.807) is 12.2 Å². The van der Waals surface area contributed by atoms with E-state index in [0.29, 0.717) is 11.8 Å². The number of nitrogens with zero attached hydrogens (tertiary/aromatic N) is 1. The van der Waals surface area contributed by atoms with Crippen molar-refractivity contribution in [3.63, 3.8) is 0 Å². The number of ketones is 2. The van der Waals surface area contributed by atoms with Crippen molar-refractivity contribution < 1.29 is 23.2 Å². The van der Waals surface area contributed by atoms with Crippen LogP contribution in [0.5, 0.6) is 0 Å². The molecule has 4 aliphatic heterocycles. The number of hydrogen-bond donors (Lipinski definition) is 3. The molecule has 0 bridgehead atoms. The number of para-hydroxylation sites is 2. The molecule has 0 radical (unpaired) electrons. The van der Waals surface area contributed by atoms with Crippen molar-refractivity contribution >= 4 is 29.2 Å². The Kier molecular flexibility index (Phi) is 14.1. The number of rotatable bonds is 3. The first kappa shape index (κ1) is 40.5. The fourth-order valence-electron chi connectivity index (χ4n) is 6.84. The van der Waals surface area contributed by atoms with Gasteiger partial charge in [-0.15, -0.1) is 0 Å². The molecule has 2 spiro atoms. The lowest BCUT2D eigenvalue weighted by Crippen LogP contribution is -2.47. The van der Waals surface area contributed by atoms with Crippen LogP contribution in [0.15, 0.2) is 121 Å². The number of aldehydes is 1. The lowest BCUT2D eigenvalue weighted by Gasteiger charge is -2.41. The first-order valence-corrected chi connectivity index (χ1v) is 17.4. The average molecular weight is 721 g/mol. The highest BCUT2D eigenvalue weighted by atomic mass is 19.1. The maximum Gasteiger partial charge on any atom is 0.187 e. The highest BCUT2D eigenvalue weighted by Gasteiger charge is 2.35. The number of benzene rings is 4. The molecule has 2 fully saturated rings. The van der Waals surface area contributed by atoms with Gasteiger partial charge < -0.3 is 16.0 Å². The number of carbonyl (C=O) groups excluding carboxylic acids is 3. The molecule has 0 atom stereocenters. The maximum atomic E-state index is 13.0. The summed E-state index contributed by atoms with van der Waals surface area (Å²) >= 11 is 0. The summed E-state index contributed by atoms with van der Waals surface area (Å²) in [6, 6.07) is 27.6. The Hall–Kier alpha value is -5.25. The Morgan fingerprint density at radius 3 is 1.57 bits per heavy atom. The van der Waals surface area contributed by atoms with Crippen LogP contribution in [0.4, 0.5) is 20.2 Å². The molecule has 4 aliphatic rings. The van der Waals surface area contributed by atoms with Crippen LogP contribution in [0.3, 0.4) is 0 Å². The summed E-state index contributed by atoms with van der Waals surface area (Å²) in [6.45, 7) is 4.69. The Balaban J connectivity index is 0.000000194. The van der Waals surface area contributed by atoms with Crippen LogP contribution < -0.4 is 16.0 Å². The van der Waals surface area contributed by atoms with Crippen molar-refractivity contribution in [2.24, 2.45) is 0 Å². The summed E-state index contributed by atoms with van der Waals surface area (Å²) in [5, 5.41) is 10.5. The van der Waals surface area contributed by atoms with Gasteiger partial charge in [0.05, 0.1) is 11.1 Å². The fraction of sp³-hybridized carbons (Fsp3) is 0.295. The van der Waals surface area contributed by atoms with E-state index in [0.717, 1.165) is 86.5 Å². The van der Waals surface area contributed by atoms with Gasteiger partial charge in [0.15, 0.2) is 11.6 Å². The van der Waals surface area contributed by atoms with E-state index >= 15 is 0 Å². The van der Waals surface area contributed by atoms with Crippen molar-refractivity contribution in [1.29, 1.82) is 0 Å². The van der Waals surface area contributed by atoms with Gasteiger partial charge in [0, 0.05) is 47.7 Å². The van der Waals surface area contributed by atoms with Gasteiger partial charge in [0.25, 0.3) is 0 Å². The zero-order valence-corrected chi connectivity index (χ0v) is 28.4. The zero-order valence-electron chi connectivity index (χ0n) is 28.4. The van der Waals surface area contributed by atoms with E-state index in [4.69, 9.17) is 0 Å². The summed E-state index contributed by atoms with van der Waals surface area (Å²) in [5.41, 5.74) is 4.81. The Labute approximate surface area is 312 Å². The first-order chi connectivity index (χ1) is 24.8. The number of allylic oxidation sites excluding steroid dienone is 2. The molecule has 0 saturated carbocycles. The van der Waals surface area contributed by atoms with Crippen LogP contribution in [0.25, 0.3) is 0 Å². The summed E-state index contributed by atoms with van der Waals surface area (Å²) in [7, 11) is 0. The predicted molar refractivity (Wildman–Crippen MR) is 211 cm³/mol. The van der Waals surface area contributed by atoms with Crippen molar-refractivity contribution in [3.05, 3.63) is 155 Å². The van der Waals surface area contributed by atoms with Crippen molar-refractivity contribution in [2.45, 2.75) is 58.2 Å². The SMILES string of the molecule is C.C.O=C1C=CC2(CCN(Cc3ccc(F)cc3)CC2)Nc2ccccc21.O=C1C=CC2(CCNCC2)Nc2ccccc21.O=Cc1ccc(F)cc1. The normalized spacial score (nSPS) is 17.6. The second-order valence-electron chi connectivity index (χ2n) is 13.4. The molecule has 7 nitrogen and oxygen atoms in total. The summed E-state index contributed by atoms with van der Waals surface area (Å²) in [6.07, 6.45) is 12.1. The number of halogens is 2. The number of hydrogen-bond acceptors (Lipinski definition) is 7. The van der Waals surface area contributed by atoms with Gasteiger partial charge in [-0.3, -0.25) is 19.3 Å². The standard InChI is InChI=1S/C21H21FN2O.C14H16N2O.C7H5FO.2CH4/c22-17-7-5-16(6-8-17)15-24-13-11-21(12-14-24)10-9-20(25)18-3-1-2-4-19(18)23-21;17-13-5-6-14(7-9-15-10-8-14)16-12-4-2-1-3-11(12)13;8-7-3-1-6(5-9)2-4-7;;/h1-10,23H,11-15H2;1-6,15-16H,7-10H2;1-5H;2*1H4. The molecule has 278 valence electrons. The van der Waals surface area contributed by atoms with Crippen LogP contribution in [0, 0.1) is 11.6 Å². The second-order valence-corrected chi connectivity index (χ2v) is 13.4. The second kappa shape index (κ2) is 18.5. The summed E-state index contributed by atoms with van der Waals surface area (Å²) < 4.78 is 25.1.